The molecule has 6 heteroatoms. The number of aromatic hydroxyl groups is 1. The summed E-state index contributed by atoms with van der Waals surface area (Å²) in [5.74, 6) is -2.22. The first kappa shape index (κ1) is 14.3. The van der Waals surface area contributed by atoms with Crippen LogP contribution in [0.1, 0.15) is 29.6 Å². The Hall–Kier alpha value is -2.11. The van der Waals surface area contributed by atoms with Crippen LogP contribution in [-0.2, 0) is 4.79 Å². The van der Waals surface area contributed by atoms with Gasteiger partial charge in [0.1, 0.15) is 17.1 Å². The van der Waals surface area contributed by atoms with Gasteiger partial charge in [-0.05, 0) is 31.4 Å². The van der Waals surface area contributed by atoms with Gasteiger partial charge in [-0.2, -0.15) is 0 Å². The molecule has 2 amide bonds. The van der Waals surface area contributed by atoms with Crippen LogP contribution in [0, 0.1) is 5.82 Å². The summed E-state index contributed by atoms with van der Waals surface area (Å²) in [4.78, 5) is 25.3. The molecule has 0 saturated carbocycles. The van der Waals surface area contributed by atoms with Gasteiger partial charge in [-0.25, -0.2) is 4.39 Å². The van der Waals surface area contributed by atoms with Gasteiger partial charge in [0, 0.05) is 13.1 Å². The van der Waals surface area contributed by atoms with Crippen LogP contribution in [0.3, 0.4) is 0 Å². The number of amides is 2. The summed E-state index contributed by atoms with van der Waals surface area (Å²) in [5, 5.41) is 11.8. The zero-order valence-corrected chi connectivity index (χ0v) is 11.1. The highest BCUT2D eigenvalue weighted by Crippen LogP contribution is 2.19. The average Bonchev–Trinajstić information content (AvgIpc) is 2.45. The third-order valence-electron chi connectivity index (χ3n) is 3.33. The first-order valence-electron chi connectivity index (χ1n) is 6.63. The largest absolute Gasteiger partial charge is 0.507 e. The molecule has 0 radical (unpaired) electrons. The van der Waals surface area contributed by atoms with Crippen molar-refractivity contribution in [3.63, 3.8) is 0 Å². The van der Waals surface area contributed by atoms with Gasteiger partial charge in [0.2, 0.25) is 5.91 Å². The number of piperidine rings is 1. The van der Waals surface area contributed by atoms with E-state index < -0.39 is 23.0 Å². The standard InChI is InChI=1S/C14H17FN2O3/c15-10-5-4-6-11(18)13(10)14(20)16-9-12(19)17-7-2-1-3-8-17/h4-6,18H,1-3,7-9H2,(H,16,20). The van der Waals surface area contributed by atoms with Crippen LogP contribution in [-0.4, -0.2) is 41.5 Å². The van der Waals surface area contributed by atoms with Gasteiger partial charge in [0.25, 0.3) is 5.91 Å². The molecule has 0 atom stereocenters. The Morgan fingerprint density at radius 3 is 2.60 bits per heavy atom. The molecule has 1 saturated heterocycles. The number of benzene rings is 1. The van der Waals surface area contributed by atoms with Crippen molar-refractivity contribution < 1.29 is 19.1 Å². The van der Waals surface area contributed by atoms with Gasteiger partial charge in [0.05, 0.1) is 6.54 Å². The highest BCUT2D eigenvalue weighted by molar-refractivity contribution is 5.98. The molecule has 5 nitrogen and oxygen atoms in total. The van der Waals surface area contributed by atoms with Gasteiger partial charge in [-0.3, -0.25) is 9.59 Å². The zero-order valence-electron chi connectivity index (χ0n) is 11.1. The van der Waals surface area contributed by atoms with Crippen LogP contribution in [0.5, 0.6) is 5.75 Å². The molecule has 1 aromatic rings. The van der Waals surface area contributed by atoms with Crippen molar-refractivity contribution in [2.75, 3.05) is 19.6 Å². The number of nitrogens with zero attached hydrogens (tertiary/aromatic N) is 1. The average molecular weight is 280 g/mol. The number of likely N-dealkylation sites (tertiary alicyclic amines) is 1. The van der Waals surface area contributed by atoms with Gasteiger partial charge in [-0.15, -0.1) is 0 Å². The Labute approximate surface area is 116 Å². The predicted molar refractivity (Wildman–Crippen MR) is 70.8 cm³/mol. The second-order valence-corrected chi connectivity index (χ2v) is 4.76. The highest BCUT2D eigenvalue weighted by Gasteiger charge is 2.20. The van der Waals surface area contributed by atoms with Crippen LogP contribution in [0.4, 0.5) is 4.39 Å². The van der Waals surface area contributed by atoms with Crippen molar-refractivity contribution in [2.45, 2.75) is 19.3 Å². The highest BCUT2D eigenvalue weighted by atomic mass is 19.1. The second kappa shape index (κ2) is 6.36. The predicted octanol–water partition coefficient (Wildman–Crippen LogP) is 1.27. The topological polar surface area (TPSA) is 69.6 Å². The summed E-state index contributed by atoms with van der Waals surface area (Å²) in [5.41, 5.74) is -0.432. The summed E-state index contributed by atoms with van der Waals surface area (Å²) >= 11 is 0. The minimum absolute atomic E-state index is 0.186. The maximum absolute atomic E-state index is 13.5. The van der Waals surface area contributed by atoms with E-state index in [-0.39, 0.29) is 12.5 Å². The molecule has 2 rings (SSSR count). The van der Waals surface area contributed by atoms with E-state index in [0.29, 0.717) is 13.1 Å². The number of hydrogen-bond donors (Lipinski definition) is 2. The SMILES string of the molecule is O=C(NCC(=O)N1CCCCC1)c1c(O)cccc1F. The Morgan fingerprint density at radius 2 is 1.95 bits per heavy atom. The summed E-state index contributed by atoms with van der Waals surface area (Å²) in [6, 6.07) is 3.62. The van der Waals surface area contributed by atoms with E-state index in [1.807, 2.05) is 0 Å². The minimum Gasteiger partial charge on any atom is -0.507 e. The van der Waals surface area contributed by atoms with Gasteiger partial charge < -0.3 is 15.3 Å². The van der Waals surface area contributed by atoms with Crippen molar-refractivity contribution in [3.8, 4) is 5.75 Å². The van der Waals surface area contributed by atoms with Gasteiger partial charge in [0.15, 0.2) is 0 Å². The first-order valence-corrected chi connectivity index (χ1v) is 6.63. The van der Waals surface area contributed by atoms with E-state index in [9.17, 15) is 19.1 Å². The third kappa shape index (κ3) is 3.26. The minimum atomic E-state index is -0.812. The van der Waals surface area contributed by atoms with Gasteiger partial charge in [-0.1, -0.05) is 6.07 Å². The van der Waals surface area contributed by atoms with Crippen molar-refractivity contribution in [1.29, 1.82) is 0 Å². The zero-order chi connectivity index (χ0) is 14.5. The molecule has 0 aromatic heterocycles. The lowest BCUT2D eigenvalue weighted by Gasteiger charge is -2.26. The number of phenolic OH excluding ortho intramolecular Hbond substituents is 1. The van der Waals surface area contributed by atoms with Crippen molar-refractivity contribution in [2.24, 2.45) is 0 Å². The van der Waals surface area contributed by atoms with Crippen LogP contribution in [0.2, 0.25) is 0 Å². The molecule has 1 aliphatic rings. The molecule has 0 bridgehead atoms. The molecule has 0 unspecified atom stereocenters. The Kier molecular flexibility index (Phi) is 4.55. The number of rotatable bonds is 3. The maximum Gasteiger partial charge on any atom is 0.258 e. The number of halogens is 1. The van der Waals surface area contributed by atoms with E-state index in [1.165, 1.54) is 12.1 Å². The van der Waals surface area contributed by atoms with E-state index in [2.05, 4.69) is 5.32 Å². The Balaban J connectivity index is 1.93. The lowest BCUT2D eigenvalue weighted by molar-refractivity contribution is -0.130. The number of carbonyl (C=O) groups is 2. The third-order valence-corrected chi connectivity index (χ3v) is 3.33. The lowest BCUT2D eigenvalue weighted by Crippen LogP contribution is -2.42. The van der Waals surface area contributed by atoms with Crippen molar-refractivity contribution in [3.05, 3.63) is 29.6 Å². The van der Waals surface area contributed by atoms with Crippen LogP contribution in [0.15, 0.2) is 18.2 Å². The summed E-state index contributed by atoms with van der Waals surface area (Å²) in [6.07, 6.45) is 3.04. The molecule has 0 aliphatic carbocycles. The van der Waals surface area contributed by atoms with Crippen molar-refractivity contribution >= 4 is 11.8 Å². The molecule has 20 heavy (non-hydrogen) atoms. The number of hydrogen-bond acceptors (Lipinski definition) is 3. The maximum atomic E-state index is 13.5. The Morgan fingerprint density at radius 1 is 1.25 bits per heavy atom. The molecule has 1 aliphatic heterocycles. The van der Waals surface area contributed by atoms with E-state index in [1.54, 1.807) is 4.90 Å². The van der Waals surface area contributed by atoms with E-state index in [0.717, 1.165) is 25.3 Å². The quantitative estimate of drug-likeness (QED) is 0.876. The van der Waals surface area contributed by atoms with Crippen LogP contribution in [0.25, 0.3) is 0 Å². The number of carbonyl (C=O) groups excluding carboxylic acids is 2. The van der Waals surface area contributed by atoms with E-state index in [4.69, 9.17) is 0 Å². The molecular weight excluding hydrogens is 263 g/mol. The summed E-state index contributed by atoms with van der Waals surface area (Å²) in [6.45, 7) is 1.20. The monoisotopic (exact) mass is 280 g/mol. The molecule has 1 fully saturated rings. The van der Waals surface area contributed by atoms with Crippen LogP contribution >= 0.6 is 0 Å². The van der Waals surface area contributed by atoms with E-state index >= 15 is 0 Å². The molecule has 2 N–H and O–H groups in total. The Bertz CT molecular complexity index is 493. The first-order chi connectivity index (χ1) is 9.59. The van der Waals surface area contributed by atoms with Crippen LogP contribution < -0.4 is 5.32 Å². The normalized spacial score (nSPS) is 14.9. The smallest absolute Gasteiger partial charge is 0.258 e. The number of phenols is 1. The fourth-order valence-electron chi connectivity index (χ4n) is 2.24. The fourth-order valence-corrected chi connectivity index (χ4v) is 2.24. The molecule has 1 heterocycles. The second-order valence-electron chi connectivity index (χ2n) is 4.76. The van der Waals surface area contributed by atoms with Gasteiger partial charge >= 0.3 is 0 Å². The molecule has 0 spiro atoms. The summed E-state index contributed by atoms with van der Waals surface area (Å²) in [7, 11) is 0. The van der Waals surface area contributed by atoms with Crippen molar-refractivity contribution in [1.82, 2.24) is 10.2 Å². The molecule has 1 aromatic carbocycles. The summed E-state index contributed by atoms with van der Waals surface area (Å²) < 4.78 is 13.5. The number of nitrogens with one attached hydrogen (secondary N) is 1. The molecular formula is C14H17FN2O3. The molecule has 108 valence electrons. The fraction of sp³-hybridized carbons (Fsp3) is 0.429. The lowest BCUT2D eigenvalue weighted by atomic mass is 10.1.